The number of benzene rings is 5. The van der Waals surface area contributed by atoms with Crippen molar-refractivity contribution in [3.63, 3.8) is 0 Å². The van der Waals surface area contributed by atoms with Crippen molar-refractivity contribution in [1.29, 1.82) is 0 Å². The number of fused-ring (bicyclic) bond motifs is 5. The van der Waals surface area contributed by atoms with Crippen LogP contribution in [0.4, 0.5) is 21.2 Å². The van der Waals surface area contributed by atoms with Crippen molar-refractivity contribution in [3.8, 4) is 39.8 Å². The summed E-state index contributed by atoms with van der Waals surface area (Å²) in [6.07, 6.45) is 5.71. The van der Waals surface area contributed by atoms with Crippen molar-refractivity contribution >= 4 is 75.2 Å². The van der Waals surface area contributed by atoms with Crippen molar-refractivity contribution < 1.29 is 63.1 Å². The minimum absolute atomic E-state index is 0.0382. The number of aliphatic hydroxyl groups excluding tert-OH is 1. The number of aliphatic carboxylic acids is 2. The SMILES string of the molecule is COc1ccc(C#CCNC2(C)CCN(C3CCN(c4nc([C@@](CO)(OC5CC5)c5ccccc5)c5cc(-c6cn(C)c(=O)c7[nH]ccc67)ccc5n4)CC3)CC2)cc1N1CCC(=O)N(CNC(=O)[C@H](CC(=O)O)NC(=O)[C@@H](CCC(=O)O)NC(=O)OCC2c3ccccc3-c3ccccc32)C1=O. The van der Waals surface area contributed by atoms with E-state index in [2.05, 4.69) is 60.9 Å². The molecule has 2 aliphatic carbocycles. The molecule has 8 N–H and O–H groups in total. The second-order valence-electron chi connectivity index (χ2n) is 27.2. The van der Waals surface area contributed by atoms with Crippen LogP contribution in [-0.4, -0.2) is 182 Å². The molecule has 3 saturated heterocycles. The first-order valence-electron chi connectivity index (χ1n) is 34.8. The summed E-state index contributed by atoms with van der Waals surface area (Å²) in [7, 11) is 3.18. The molecular formula is C77H82N12O14. The summed E-state index contributed by atoms with van der Waals surface area (Å²) in [4.78, 5) is 126. The number of aryl methyl sites for hydroxylation is 1. The molecule has 6 heterocycles. The molecule has 0 unspecified atom stereocenters. The average molecular weight is 1400 g/mol. The molecular weight excluding hydrogens is 1320 g/mol. The number of aromatic amines is 1. The molecule has 3 aliphatic heterocycles. The number of ether oxygens (including phenoxy) is 3. The Labute approximate surface area is 593 Å². The lowest BCUT2D eigenvalue weighted by molar-refractivity contribution is -0.141. The molecule has 0 radical (unpaired) electrons. The van der Waals surface area contributed by atoms with Gasteiger partial charge >= 0.3 is 24.1 Å². The number of H-pyrrole nitrogens is 1. The number of pyridine rings is 1. The van der Waals surface area contributed by atoms with Crippen LogP contribution in [0, 0.1) is 11.8 Å². The van der Waals surface area contributed by atoms with E-state index in [1.807, 2.05) is 103 Å². The molecule has 0 spiro atoms. The van der Waals surface area contributed by atoms with Crippen molar-refractivity contribution in [2.75, 3.05) is 76.1 Å². The highest BCUT2D eigenvalue weighted by Crippen LogP contribution is 2.46. The molecule has 5 aliphatic rings. The van der Waals surface area contributed by atoms with Crippen molar-refractivity contribution in [1.82, 2.24) is 50.6 Å². The fourth-order valence-corrected chi connectivity index (χ4v) is 14.6. The first-order chi connectivity index (χ1) is 49.8. The number of piperidine rings is 2. The summed E-state index contributed by atoms with van der Waals surface area (Å²) in [6, 6.07) is 34.3. The van der Waals surface area contributed by atoms with E-state index in [0.29, 0.717) is 46.7 Å². The number of urea groups is 1. The number of carboxylic acid groups (broad SMARTS) is 2. The van der Waals surface area contributed by atoms with Gasteiger partial charge in [-0.1, -0.05) is 96.8 Å². The molecule has 3 atom stereocenters. The number of aliphatic hydroxyl groups is 1. The van der Waals surface area contributed by atoms with Crippen LogP contribution in [-0.2, 0) is 46.1 Å². The number of anilines is 2. The predicted molar refractivity (Wildman–Crippen MR) is 383 cm³/mol. The zero-order chi connectivity index (χ0) is 72.1. The van der Waals surface area contributed by atoms with Crippen molar-refractivity contribution in [2.45, 2.75) is 112 Å². The number of methoxy groups -OCH3 is 1. The average Bonchev–Trinajstić information content (AvgIpc) is 1.70. The van der Waals surface area contributed by atoms with Crippen LogP contribution in [0.1, 0.15) is 105 Å². The molecule has 534 valence electrons. The molecule has 3 aromatic heterocycles. The number of alkyl carbamates (subject to hydrolysis) is 1. The molecule has 103 heavy (non-hydrogen) atoms. The Balaban J connectivity index is 0.614. The van der Waals surface area contributed by atoms with Gasteiger partial charge in [0.2, 0.25) is 23.7 Å². The third kappa shape index (κ3) is 15.2. The summed E-state index contributed by atoms with van der Waals surface area (Å²) >= 11 is 0. The number of imide groups is 1. The Kier molecular flexibility index (Phi) is 20.7. The van der Waals surface area contributed by atoms with Gasteiger partial charge < -0.3 is 70.1 Å². The molecule has 13 rings (SSSR count). The number of carbonyl (C=O) groups is 7. The first-order valence-corrected chi connectivity index (χ1v) is 34.8. The second kappa shape index (κ2) is 30.3. The Hall–Kier alpha value is -11.0. The Bertz CT molecular complexity index is 4660. The smallest absolute Gasteiger partial charge is 0.407 e. The maximum absolute atomic E-state index is 14.2. The molecule has 26 heteroatoms. The van der Waals surface area contributed by atoms with E-state index >= 15 is 0 Å². The second-order valence-corrected chi connectivity index (χ2v) is 27.2. The number of rotatable bonds is 25. The number of likely N-dealkylation sites (tertiary alicyclic amines) is 1. The quantitative estimate of drug-likeness (QED) is 0.0260. The van der Waals surface area contributed by atoms with Gasteiger partial charge in [0, 0.05) is 104 Å². The third-order valence-electron chi connectivity index (χ3n) is 20.4. The van der Waals surface area contributed by atoms with Gasteiger partial charge in [0.15, 0.2) is 5.60 Å². The highest BCUT2D eigenvalue weighted by molar-refractivity contribution is 6.07. The number of nitrogens with one attached hydrogen (secondary N) is 5. The van der Waals surface area contributed by atoms with E-state index in [0.717, 1.165) is 125 Å². The molecule has 5 aromatic carbocycles. The largest absolute Gasteiger partial charge is 0.495 e. The highest BCUT2D eigenvalue weighted by atomic mass is 16.5. The van der Waals surface area contributed by atoms with Crippen LogP contribution < -0.4 is 41.4 Å². The maximum Gasteiger partial charge on any atom is 0.407 e. The predicted octanol–water partition coefficient (Wildman–Crippen LogP) is 7.33. The van der Waals surface area contributed by atoms with E-state index in [1.165, 1.54) is 12.0 Å². The molecule has 6 amide bonds. The number of hydrogen-bond donors (Lipinski definition) is 8. The summed E-state index contributed by atoms with van der Waals surface area (Å²) in [5, 5.41) is 43.3. The van der Waals surface area contributed by atoms with E-state index < -0.39 is 85.4 Å². The number of carboxylic acids is 2. The third-order valence-corrected chi connectivity index (χ3v) is 20.4. The van der Waals surface area contributed by atoms with E-state index in [-0.39, 0.29) is 49.3 Å². The van der Waals surface area contributed by atoms with Gasteiger partial charge in [-0.2, -0.15) is 0 Å². The summed E-state index contributed by atoms with van der Waals surface area (Å²) < 4.78 is 19.8. The number of carbonyl (C=O) groups excluding carboxylic acids is 5. The number of aromatic nitrogens is 4. The Morgan fingerprint density at radius 1 is 0.777 bits per heavy atom. The molecule has 0 bridgehead atoms. The zero-order valence-electron chi connectivity index (χ0n) is 57.5. The topological polar surface area (TPSA) is 333 Å². The van der Waals surface area contributed by atoms with Crippen LogP contribution in [0.25, 0.3) is 44.1 Å². The van der Waals surface area contributed by atoms with Gasteiger partial charge in [0.25, 0.3) is 5.56 Å². The normalized spacial score (nSPS) is 17.3. The number of nitrogens with zero attached hydrogens (tertiary/aromatic N) is 7. The van der Waals surface area contributed by atoms with Gasteiger partial charge in [0.1, 0.15) is 36.6 Å². The fourth-order valence-electron chi connectivity index (χ4n) is 14.6. The fraction of sp³-hybridized carbons (Fsp3) is 0.377. The van der Waals surface area contributed by atoms with Crippen LogP contribution in [0.5, 0.6) is 5.75 Å². The minimum atomic E-state index is -1.80. The summed E-state index contributed by atoms with van der Waals surface area (Å²) in [6.45, 7) is 4.58. The maximum atomic E-state index is 14.2. The first kappa shape index (κ1) is 70.5. The van der Waals surface area contributed by atoms with Gasteiger partial charge in [-0.05, 0) is 122 Å². The summed E-state index contributed by atoms with van der Waals surface area (Å²) in [5.41, 5.74) is 7.45. The van der Waals surface area contributed by atoms with Gasteiger partial charge in [-0.3, -0.25) is 33.7 Å². The number of amides is 6. The monoisotopic (exact) mass is 1400 g/mol. The standard InChI is InChI=1S/C77H82N12O14/c1-76(31-38-86(39-32-76)50-28-35-87(36-29-50)73-82-60-23-20-48(58-43-85(2)72(98)68-56(58)27-34-78-68)41-57(60)69(84-73)77(45-90,103-51-21-22-51)49-13-5-4-6-14-49)80-33-11-12-47-19-25-64(101-3)63(40-47)88-37-30-65(91)89(75(88)100)46-79-70(96)62(42-67(94)95)81-71(97)61(24-26-66(92)93)83-74(99)102-44-59-54-17-9-7-15-52(54)53-16-8-10-18-55(53)59/h4-10,13-20,23,25,27,34,40-41,43,50-51,59,61-62,78,80,90H,21-22,24,26,28-33,35-39,42,44-46H2,1-3H3,(H,79,96)(H,81,97)(H,83,99)(H,92,93)(H,94,95)/t61-,62+,77+/m1/s1. The Morgan fingerprint density at radius 2 is 1.50 bits per heavy atom. The minimum Gasteiger partial charge on any atom is -0.495 e. The van der Waals surface area contributed by atoms with Crippen LogP contribution in [0.15, 0.2) is 139 Å². The van der Waals surface area contributed by atoms with Gasteiger partial charge in [-0.25, -0.2) is 24.5 Å². The molecule has 4 fully saturated rings. The van der Waals surface area contributed by atoms with Crippen LogP contribution in [0.2, 0.25) is 0 Å². The lowest BCUT2D eigenvalue weighted by Crippen LogP contribution is -2.58. The van der Waals surface area contributed by atoms with E-state index in [1.54, 1.807) is 36.0 Å². The number of hydrogen-bond acceptors (Lipinski definition) is 17. The van der Waals surface area contributed by atoms with Crippen molar-refractivity contribution in [3.05, 3.63) is 172 Å². The van der Waals surface area contributed by atoms with E-state index in [9.17, 15) is 53.7 Å². The lowest BCUT2D eigenvalue weighted by Gasteiger charge is -2.45. The lowest BCUT2D eigenvalue weighted by atomic mass is 9.87. The molecule has 1 saturated carbocycles. The van der Waals surface area contributed by atoms with Crippen molar-refractivity contribution in [2.24, 2.45) is 7.05 Å². The molecule has 8 aromatic rings. The Morgan fingerprint density at radius 3 is 2.18 bits per heavy atom. The van der Waals surface area contributed by atoms with Crippen LogP contribution >= 0.6 is 0 Å². The highest BCUT2D eigenvalue weighted by Gasteiger charge is 2.45. The van der Waals surface area contributed by atoms with Crippen LogP contribution in [0.3, 0.4) is 0 Å². The van der Waals surface area contributed by atoms with Gasteiger partial charge in [-0.15, -0.1) is 0 Å². The van der Waals surface area contributed by atoms with Gasteiger partial charge in [0.05, 0.1) is 49.7 Å². The van der Waals surface area contributed by atoms with E-state index in [4.69, 9.17) is 24.2 Å². The molecule has 26 nitrogen and oxygen atoms in total. The summed E-state index contributed by atoms with van der Waals surface area (Å²) in [5.74, 6) is 1.40. The zero-order valence-corrected chi connectivity index (χ0v) is 57.5.